The van der Waals surface area contributed by atoms with Gasteiger partial charge in [0.15, 0.2) is 5.16 Å². The van der Waals surface area contributed by atoms with Crippen molar-refractivity contribution in [3.05, 3.63) is 53.3 Å². The summed E-state index contributed by atoms with van der Waals surface area (Å²) in [6, 6.07) is 8.95. The Balaban J connectivity index is 1.58. The Morgan fingerprint density at radius 1 is 1.16 bits per heavy atom. The van der Waals surface area contributed by atoms with Gasteiger partial charge in [0.1, 0.15) is 12.2 Å². The van der Waals surface area contributed by atoms with Gasteiger partial charge in [0.25, 0.3) is 0 Å². The van der Waals surface area contributed by atoms with E-state index in [1.165, 1.54) is 11.8 Å². The Bertz CT molecular complexity index is 995. The summed E-state index contributed by atoms with van der Waals surface area (Å²) >= 11 is 1.48. The molecular weight excluding hydrogens is 428 g/mol. The number of ether oxygens (including phenoxy) is 2. The lowest BCUT2D eigenvalue weighted by molar-refractivity contribution is -0.0208. The summed E-state index contributed by atoms with van der Waals surface area (Å²) in [5, 5.41) is 0.700. The Hall–Kier alpha value is -2.81. The van der Waals surface area contributed by atoms with E-state index in [1.807, 2.05) is 57.4 Å². The van der Waals surface area contributed by atoms with E-state index < -0.39 is 11.7 Å². The molecule has 1 aromatic carbocycles. The number of hydrogen-bond acceptors (Lipinski definition) is 7. The molecule has 3 heterocycles. The van der Waals surface area contributed by atoms with Crippen molar-refractivity contribution in [3.8, 4) is 0 Å². The van der Waals surface area contributed by atoms with Crippen LogP contribution in [0.25, 0.3) is 0 Å². The smallest absolute Gasteiger partial charge is 0.411 e. The molecule has 32 heavy (non-hydrogen) atoms. The van der Waals surface area contributed by atoms with Gasteiger partial charge in [-0.1, -0.05) is 42.1 Å². The van der Waals surface area contributed by atoms with Crippen molar-refractivity contribution in [1.29, 1.82) is 0 Å². The Labute approximate surface area is 192 Å². The van der Waals surface area contributed by atoms with Crippen LogP contribution in [0.4, 0.5) is 9.59 Å². The number of fused-ring (bicyclic) bond motifs is 4. The van der Waals surface area contributed by atoms with Crippen molar-refractivity contribution in [3.63, 3.8) is 0 Å². The van der Waals surface area contributed by atoms with E-state index in [1.54, 1.807) is 16.0 Å². The maximum Gasteiger partial charge on any atom is 0.411 e. The van der Waals surface area contributed by atoms with Crippen LogP contribution < -0.4 is 0 Å². The van der Waals surface area contributed by atoms with Crippen LogP contribution in [0, 0.1) is 0 Å². The molecule has 2 aliphatic heterocycles. The third kappa shape index (κ3) is 4.82. The topological polar surface area (TPSA) is 84.9 Å². The van der Waals surface area contributed by atoms with Gasteiger partial charge >= 0.3 is 12.2 Å². The molecule has 1 saturated heterocycles. The van der Waals surface area contributed by atoms with Crippen molar-refractivity contribution in [2.45, 2.75) is 56.6 Å². The quantitative estimate of drug-likeness (QED) is 0.509. The van der Waals surface area contributed by atoms with Crippen LogP contribution in [0.1, 0.15) is 43.6 Å². The average Bonchev–Trinajstić information content (AvgIpc) is 2.75. The first-order valence-electron chi connectivity index (χ1n) is 10.6. The van der Waals surface area contributed by atoms with E-state index in [0.717, 1.165) is 16.8 Å². The third-order valence-electron chi connectivity index (χ3n) is 5.47. The number of nitrogens with zero attached hydrogens (tertiary/aromatic N) is 4. The molecule has 0 aliphatic carbocycles. The van der Waals surface area contributed by atoms with Gasteiger partial charge in [-0.25, -0.2) is 19.6 Å². The molecule has 4 rings (SSSR count). The lowest BCUT2D eigenvalue weighted by atomic mass is 9.89. The molecule has 2 amide bonds. The zero-order valence-corrected chi connectivity index (χ0v) is 19.6. The van der Waals surface area contributed by atoms with Gasteiger partial charge in [-0.15, -0.1) is 0 Å². The summed E-state index contributed by atoms with van der Waals surface area (Å²) in [7, 11) is 0. The van der Waals surface area contributed by atoms with Crippen molar-refractivity contribution in [2.75, 3.05) is 19.3 Å². The summed E-state index contributed by atoms with van der Waals surface area (Å²) < 4.78 is 11.2. The van der Waals surface area contributed by atoms with Gasteiger partial charge in [-0.05, 0) is 32.6 Å². The molecule has 0 radical (unpaired) electrons. The van der Waals surface area contributed by atoms with E-state index in [4.69, 9.17) is 9.47 Å². The minimum atomic E-state index is -0.591. The number of benzene rings is 1. The normalized spacial score (nSPS) is 19.9. The van der Waals surface area contributed by atoms with Crippen LogP contribution >= 0.6 is 11.8 Å². The predicted molar refractivity (Wildman–Crippen MR) is 120 cm³/mol. The minimum absolute atomic E-state index is 0.195. The summed E-state index contributed by atoms with van der Waals surface area (Å²) in [6.45, 7) is 6.40. The van der Waals surface area contributed by atoms with E-state index in [9.17, 15) is 9.59 Å². The third-order valence-corrected chi connectivity index (χ3v) is 6.03. The number of aromatic nitrogens is 2. The maximum absolute atomic E-state index is 13.1. The average molecular weight is 457 g/mol. The molecule has 2 aromatic rings. The number of thioether (sulfide) groups is 1. The number of amides is 2. The van der Waals surface area contributed by atoms with Gasteiger partial charge in [0.2, 0.25) is 0 Å². The molecule has 170 valence electrons. The molecule has 0 spiro atoms. The van der Waals surface area contributed by atoms with Gasteiger partial charge < -0.3 is 14.4 Å². The van der Waals surface area contributed by atoms with Gasteiger partial charge in [-0.2, -0.15) is 0 Å². The Morgan fingerprint density at radius 3 is 2.59 bits per heavy atom. The molecule has 9 heteroatoms. The Morgan fingerprint density at radius 2 is 1.91 bits per heavy atom. The molecule has 0 N–H and O–H groups in total. The molecule has 8 nitrogen and oxygen atoms in total. The fourth-order valence-electron chi connectivity index (χ4n) is 4.10. The SMILES string of the molecule is CSc1ncc2c(n1)CC1CN(C(=O)OC(C)(C)C)CC2N1C(=O)OCc1ccccc1. The fourth-order valence-corrected chi connectivity index (χ4v) is 4.46. The van der Waals surface area contributed by atoms with E-state index in [-0.39, 0.29) is 24.8 Å². The van der Waals surface area contributed by atoms with Gasteiger partial charge in [0.05, 0.1) is 17.8 Å². The summed E-state index contributed by atoms with van der Waals surface area (Å²) in [5.41, 5.74) is 2.11. The Kier molecular flexibility index (Phi) is 6.28. The van der Waals surface area contributed by atoms with Crippen LogP contribution in [-0.2, 0) is 22.5 Å². The van der Waals surface area contributed by atoms with Crippen LogP contribution in [0.2, 0.25) is 0 Å². The first-order valence-corrected chi connectivity index (χ1v) is 11.8. The van der Waals surface area contributed by atoms with Crippen molar-refractivity contribution >= 4 is 23.9 Å². The van der Waals surface area contributed by atoms with Crippen molar-refractivity contribution < 1.29 is 19.1 Å². The van der Waals surface area contributed by atoms with E-state index >= 15 is 0 Å². The highest BCUT2D eigenvalue weighted by Crippen LogP contribution is 2.38. The highest BCUT2D eigenvalue weighted by molar-refractivity contribution is 7.98. The van der Waals surface area contributed by atoms with Crippen LogP contribution in [0.15, 0.2) is 41.7 Å². The van der Waals surface area contributed by atoms with Gasteiger partial charge in [0, 0.05) is 31.3 Å². The van der Waals surface area contributed by atoms with E-state index in [2.05, 4.69) is 9.97 Å². The number of hydrogen-bond donors (Lipinski definition) is 0. The second kappa shape index (κ2) is 8.97. The summed E-state index contributed by atoms with van der Waals surface area (Å²) in [6.07, 6.45) is 3.46. The van der Waals surface area contributed by atoms with Crippen LogP contribution in [0.5, 0.6) is 0 Å². The molecule has 0 saturated carbocycles. The first-order chi connectivity index (χ1) is 15.2. The number of carbonyl (C=O) groups excluding carboxylic acids is 2. The number of carbonyl (C=O) groups is 2. The number of rotatable bonds is 3. The maximum atomic E-state index is 13.1. The molecule has 1 fully saturated rings. The van der Waals surface area contributed by atoms with Crippen molar-refractivity contribution in [1.82, 2.24) is 19.8 Å². The standard InChI is InChI=1S/C23H28N4O4S/c1-23(2,3)31-21(28)26-12-16-10-18-17(11-24-20(25-18)32-4)19(13-26)27(16)22(29)30-14-15-8-6-5-7-9-15/h5-9,11,16,19H,10,12-14H2,1-4H3. The second-order valence-electron chi connectivity index (χ2n) is 8.97. The number of piperazine rings is 1. The molecule has 2 unspecified atom stereocenters. The van der Waals surface area contributed by atoms with Crippen LogP contribution in [-0.4, -0.2) is 62.9 Å². The second-order valence-corrected chi connectivity index (χ2v) is 9.74. The monoisotopic (exact) mass is 456 g/mol. The van der Waals surface area contributed by atoms with Crippen LogP contribution in [0.3, 0.4) is 0 Å². The molecule has 1 aromatic heterocycles. The molecular formula is C23H28N4O4S. The first kappa shape index (κ1) is 22.4. The largest absolute Gasteiger partial charge is 0.445 e. The lowest BCUT2D eigenvalue weighted by Gasteiger charge is -2.49. The minimum Gasteiger partial charge on any atom is -0.445 e. The molecule has 2 aliphatic rings. The van der Waals surface area contributed by atoms with Crippen molar-refractivity contribution in [2.24, 2.45) is 0 Å². The summed E-state index contributed by atoms with van der Waals surface area (Å²) in [5.74, 6) is 0. The molecule has 2 bridgehead atoms. The predicted octanol–water partition coefficient (Wildman–Crippen LogP) is 4.05. The molecule has 2 atom stereocenters. The zero-order valence-electron chi connectivity index (χ0n) is 18.8. The van der Waals surface area contributed by atoms with Gasteiger partial charge in [-0.3, -0.25) is 4.90 Å². The van der Waals surface area contributed by atoms with E-state index in [0.29, 0.717) is 24.7 Å². The summed E-state index contributed by atoms with van der Waals surface area (Å²) in [4.78, 5) is 38.4. The highest BCUT2D eigenvalue weighted by Gasteiger charge is 2.46. The lowest BCUT2D eigenvalue weighted by Crippen LogP contribution is -2.61. The highest BCUT2D eigenvalue weighted by atomic mass is 32.2. The zero-order chi connectivity index (χ0) is 22.9. The fraction of sp³-hybridized carbons (Fsp3) is 0.478.